The first-order chi connectivity index (χ1) is 20.3. The van der Waals surface area contributed by atoms with Gasteiger partial charge in [-0.05, 0) is 79.7 Å². The quantitative estimate of drug-likeness (QED) is 0.289. The van der Waals surface area contributed by atoms with Crippen LogP contribution in [0.15, 0.2) is 42.6 Å². The molecular weight excluding hydrogens is 522 g/mol. The molecule has 4 heterocycles. The molecule has 0 radical (unpaired) electrons. The van der Waals surface area contributed by atoms with Crippen LogP contribution in [0.4, 0.5) is 11.6 Å². The number of para-hydroxylation sites is 1. The summed E-state index contributed by atoms with van der Waals surface area (Å²) in [6.07, 6.45) is 8.31. The summed E-state index contributed by atoms with van der Waals surface area (Å²) in [5.74, 6) is 11.1. The Morgan fingerprint density at radius 2 is 1.86 bits per heavy atom. The summed E-state index contributed by atoms with van der Waals surface area (Å²) in [5, 5.41) is 17.4. The van der Waals surface area contributed by atoms with Gasteiger partial charge in [-0.15, -0.1) is 10.2 Å². The molecule has 42 heavy (non-hydrogen) atoms. The van der Waals surface area contributed by atoms with Gasteiger partial charge in [0.05, 0.1) is 12.2 Å². The van der Waals surface area contributed by atoms with Gasteiger partial charge in [0.1, 0.15) is 17.4 Å². The molecule has 0 spiro atoms. The number of aryl methyl sites for hydroxylation is 1. The smallest absolute Gasteiger partial charge is 0.206 e. The second-order valence-electron chi connectivity index (χ2n) is 12.1. The second-order valence-corrected chi connectivity index (χ2v) is 12.1. The van der Waals surface area contributed by atoms with E-state index in [1.807, 2.05) is 25.3 Å². The van der Waals surface area contributed by atoms with E-state index in [2.05, 4.69) is 64.5 Å². The minimum Gasteiger partial charge on any atom is -0.507 e. The van der Waals surface area contributed by atoms with Crippen LogP contribution in [0.5, 0.6) is 5.75 Å². The van der Waals surface area contributed by atoms with Crippen molar-refractivity contribution in [1.82, 2.24) is 25.1 Å². The van der Waals surface area contributed by atoms with Crippen LogP contribution in [0.1, 0.15) is 71.2 Å². The van der Waals surface area contributed by atoms with Gasteiger partial charge < -0.3 is 15.7 Å². The minimum atomic E-state index is 0.191. The highest BCUT2D eigenvalue weighted by Gasteiger charge is 2.41. The van der Waals surface area contributed by atoms with Crippen molar-refractivity contribution in [3.63, 3.8) is 0 Å². The zero-order chi connectivity index (χ0) is 30.1. The van der Waals surface area contributed by atoms with Gasteiger partial charge in [0.15, 0.2) is 0 Å². The molecule has 6 rings (SSSR count). The minimum absolute atomic E-state index is 0.191. The van der Waals surface area contributed by atoms with Gasteiger partial charge in [-0.25, -0.2) is 9.97 Å². The van der Waals surface area contributed by atoms with E-state index < -0.39 is 0 Å². The van der Waals surface area contributed by atoms with Crippen molar-refractivity contribution in [2.24, 2.45) is 17.8 Å². The molecule has 3 N–H and O–H groups in total. The molecule has 1 saturated carbocycles. The molecule has 2 aliphatic heterocycles. The van der Waals surface area contributed by atoms with Crippen molar-refractivity contribution in [1.29, 1.82) is 0 Å². The highest BCUT2D eigenvalue weighted by Crippen LogP contribution is 2.40. The Hall–Kier alpha value is -3.70. The maximum atomic E-state index is 9.63. The topological polar surface area (TPSA) is 104 Å². The molecule has 2 bridgehead atoms. The van der Waals surface area contributed by atoms with Crippen molar-refractivity contribution in [3.8, 4) is 28.8 Å². The molecule has 2 unspecified atom stereocenters. The lowest BCUT2D eigenvalue weighted by Crippen LogP contribution is -2.33. The van der Waals surface area contributed by atoms with Crippen LogP contribution >= 0.6 is 0 Å². The monoisotopic (exact) mass is 569 g/mol. The molecule has 8 nitrogen and oxygen atoms in total. The SMILES string of the molecule is CCCC(C)CN(CC(C)CC)c1ccnc(C#CCN2CC3CC2C3)n1.Cc1cc(-c2ccccc2O)nnc1N. The van der Waals surface area contributed by atoms with Crippen LogP contribution in [0.25, 0.3) is 11.3 Å². The fourth-order valence-corrected chi connectivity index (χ4v) is 5.67. The predicted octanol–water partition coefficient (Wildman–Crippen LogP) is 5.95. The Bertz CT molecular complexity index is 1360. The molecule has 2 saturated heterocycles. The van der Waals surface area contributed by atoms with Crippen LogP contribution in [-0.4, -0.2) is 62.4 Å². The Labute approximate surface area is 251 Å². The van der Waals surface area contributed by atoms with Gasteiger partial charge in [-0.1, -0.05) is 58.6 Å². The normalized spacial score (nSPS) is 18.6. The number of rotatable bonds is 10. The van der Waals surface area contributed by atoms with Gasteiger partial charge in [0.25, 0.3) is 0 Å². The van der Waals surface area contributed by atoms with E-state index in [0.29, 0.717) is 34.7 Å². The van der Waals surface area contributed by atoms with Gasteiger partial charge in [0.2, 0.25) is 5.82 Å². The number of nitrogen functional groups attached to an aromatic ring is 1. The van der Waals surface area contributed by atoms with Crippen molar-refractivity contribution in [2.45, 2.75) is 72.8 Å². The Balaban J connectivity index is 0.000000227. The molecular formula is C34H47N7O. The van der Waals surface area contributed by atoms with Crippen molar-refractivity contribution < 1.29 is 5.11 Å². The first-order valence-electron chi connectivity index (χ1n) is 15.5. The number of anilines is 2. The maximum Gasteiger partial charge on any atom is 0.206 e. The molecule has 2 atom stereocenters. The second kappa shape index (κ2) is 15.0. The Morgan fingerprint density at radius 3 is 2.52 bits per heavy atom. The van der Waals surface area contributed by atoms with Crippen LogP contribution < -0.4 is 10.6 Å². The fraction of sp³-hybridized carbons (Fsp3) is 0.529. The van der Waals surface area contributed by atoms with Crippen molar-refractivity contribution >= 4 is 11.6 Å². The molecule has 1 aliphatic carbocycles. The molecule has 3 aromatic rings. The molecule has 8 heteroatoms. The number of fused-ring (bicyclic) bond motifs is 1. The van der Waals surface area contributed by atoms with Gasteiger partial charge in [-0.3, -0.25) is 4.90 Å². The first kappa shape index (κ1) is 31.2. The summed E-state index contributed by atoms with van der Waals surface area (Å²) in [5.41, 5.74) is 7.70. The number of phenolic OH excluding ortho intramolecular Hbond substituents is 1. The van der Waals surface area contributed by atoms with Crippen molar-refractivity contribution in [3.05, 3.63) is 54.0 Å². The van der Waals surface area contributed by atoms with E-state index in [9.17, 15) is 5.11 Å². The van der Waals surface area contributed by atoms with E-state index in [1.54, 1.807) is 24.3 Å². The summed E-state index contributed by atoms with van der Waals surface area (Å²) >= 11 is 0. The zero-order valence-corrected chi connectivity index (χ0v) is 25.9. The molecule has 0 amide bonds. The van der Waals surface area contributed by atoms with E-state index in [4.69, 9.17) is 10.7 Å². The van der Waals surface area contributed by atoms with Crippen LogP contribution in [0, 0.1) is 36.5 Å². The number of nitrogens with zero attached hydrogens (tertiary/aromatic N) is 6. The summed E-state index contributed by atoms with van der Waals surface area (Å²) in [4.78, 5) is 14.1. The number of hydrogen-bond donors (Lipinski definition) is 2. The first-order valence-corrected chi connectivity index (χ1v) is 15.5. The van der Waals surface area contributed by atoms with Crippen LogP contribution in [-0.2, 0) is 0 Å². The number of aromatic hydroxyl groups is 1. The number of hydrogen-bond acceptors (Lipinski definition) is 8. The average molecular weight is 570 g/mol. The summed E-state index contributed by atoms with van der Waals surface area (Å²) in [6.45, 7) is 15.2. The number of phenols is 1. The molecule has 2 aromatic heterocycles. The van der Waals surface area contributed by atoms with Crippen LogP contribution in [0.2, 0.25) is 0 Å². The predicted molar refractivity (Wildman–Crippen MR) is 171 cm³/mol. The lowest BCUT2D eigenvalue weighted by Gasteiger charge is -2.29. The van der Waals surface area contributed by atoms with E-state index in [0.717, 1.165) is 43.0 Å². The standard InChI is InChI=1S/C23H36N4.C11H11N3O/c1-5-8-19(4)16-27(15-18(3)6-2)23-10-11-24-22(25-23)9-7-12-26-17-20-13-21(26)14-20;1-7-6-9(13-14-11(7)12)8-4-2-3-5-10(8)15/h10-11,18-21H,5-6,8,12-17H2,1-4H3;2-6,15H,1H3,(H2,12,14). The summed E-state index contributed by atoms with van der Waals surface area (Å²) in [6, 6.07) is 11.6. The van der Waals surface area contributed by atoms with E-state index in [1.165, 1.54) is 38.6 Å². The van der Waals surface area contributed by atoms with Crippen LogP contribution in [0.3, 0.4) is 0 Å². The highest BCUT2D eigenvalue weighted by molar-refractivity contribution is 5.67. The highest BCUT2D eigenvalue weighted by atomic mass is 16.3. The third-order valence-corrected chi connectivity index (χ3v) is 8.41. The van der Waals surface area contributed by atoms with Gasteiger partial charge in [-0.2, -0.15) is 0 Å². The third-order valence-electron chi connectivity index (χ3n) is 8.41. The molecule has 224 valence electrons. The largest absolute Gasteiger partial charge is 0.507 e. The lowest BCUT2D eigenvalue weighted by molar-refractivity contribution is 0.268. The molecule has 3 aliphatic rings. The average Bonchev–Trinajstić information content (AvgIpc) is 3.55. The van der Waals surface area contributed by atoms with Gasteiger partial charge >= 0.3 is 0 Å². The number of nitrogens with two attached hydrogens (primary N) is 1. The fourth-order valence-electron chi connectivity index (χ4n) is 5.67. The molecule has 1 aromatic carbocycles. The summed E-state index contributed by atoms with van der Waals surface area (Å²) in [7, 11) is 0. The molecule has 3 fully saturated rings. The lowest BCUT2D eigenvalue weighted by atomic mass is 9.86. The Kier molecular flexibility index (Phi) is 11.1. The number of aromatic nitrogens is 4. The Morgan fingerprint density at radius 1 is 1.10 bits per heavy atom. The maximum absolute atomic E-state index is 9.63. The van der Waals surface area contributed by atoms with E-state index in [-0.39, 0.29) is 5.75 Å². The third kappa shape index (κ3) is 8.42. The van der Waals surface area contributed by atoms with E-state index >= 15 is 0 Å². The van der Waals surface area contributed by atoms with Gasteiger partial charge in [0, 0.05) is 37.4 Å². The number of benzene rings is 1. The summed E-state index contributed by atoms with van der Waals surface area (Å²) < 4.78 is 0. The van der Waals surface area contributed by atoms with Crippen molar-refractivity contribution in [2.75, 3.05) is 36.8 Å². The zero-order valence-electron chi connectivity index (χ0n) is 25.9.